The van der Waals surface area contributed by atoms with Gasteiger partial charge in [-0.05, 0) is 44.0 Å². The lowest BCUT2D eigenvalue weighted by atomic mass is 10.1. The highest BCUT2D eigenvalue weighted by atomic mass is 35.5. The molecule has 0 bridgehead atoms. The molecule has 0 aliphatic carbocycles. The van der Waals surface area contributed by atoms with Gasteiger partial charge in [0.2, 0.25) is 15.9 Å². The lowest BCUT2D eigenvalue weighted by Crippen LogP contribution is -2.33. The van der Waals surface area contributed by atoms with E-state index in [2.05, 4.69) is 10.0 Å². The summed E-state index contributed by atoms with van der Waals surface area (Å²) in [5, 5.41) is 3.03. The predicted octanol–water partition coefficient (Wildman–Crippen LogP) is 3.84. The number of sulfonamides is 1. The van der Waals surface area contributed by atoms with Gasteiger partial charge in [0.05, 0.1) is 27.2 Å². The second-order valence-corrected chi connectivity index (χ2v) is 8.19. The average molecular weight is 401 g/mol. The summed E-state index contributed by atoms with van der Waals surface area (Å²) in [4.78, 5) is 12.2. The number of rotatable bonds is 5. The molecule has 1 amide bonds. The molecule has 0 unspecified atom stereocenters. The van der Waals surface area contributed by atoms with Crippen molar-refractivity contribution >= 4 is 44.8 Å². The smallest absolute Gasteiger partial charge is 0.241 e. The van der Waals surface area contributed by atoms with Gasteiger partial charge in [0.15, 0.2) is 0 Å². The molecule has 2 aromatic carbocycles. The van der Waals surface area contributed by atoms with Crippen LogP contribution < -0.4 is 10.0 Å². The summed E-state index contributed by atoms with van der Waals surface area (Å²) in [5.74, 6) is -0.546. The summed E-state index contributed by atoms with van der Waals surface area (Å²) in [6.07, 6.45) is 0. The number of halogens is 2. The van der Waals surface area contributed by atoms with Crippen LogP contribution in [0.5, 0.6) is 0 Å². The molecule has 2 N–H and O–H groups in total. The highest BCUT2D eigenvalue weighted by Gasteiger charge is 2.21. The third-order valence-electron chi connectivity index (χ3n) is 3.52. The monoisotopic (exact) mass is 400 g/mol. The van der Waals surface area contributed by atoms with Crippen LogP contribution in [0.4, 0.5) is 5.69 Å². The van der Waals surface area contributed by atoms with Gasteiger partial charge in [-0.3, -0.25) is 4.79 Å². The van der Waals surface area contributed by atoms with E-state index in [1.165, 1.54) is 0 Å². The molecule has 0 fully saturated rings. The van der Waals surface area contributed by atoms with E-state index in [0.29, 0.717) is 21.8 Å². The van der Waals surface area contributed by atoms with Crippen LogP contribution in [-0.2, 0) is 14.8 Å². The molecular weight excluding hydrogens is 383 g/mol. The van der Waals surface area contributed by atoms with Crippen molar-refractivity contribution in [3.05, 3.63) is 57.1 Å². The maximum absolute atomic E-state index is 12.5. The van der Waals surface area contributed by atoms with Crippen molar-refractivity contribution in [2.45, 2.75) is 25.7 Å². The molecule has 0 heterocycles. The molecule has 5 nitrogen and oxygen atoms in total. The highest BCUT2D eigenvalue weighted by molar-refractivity contribution is 7.89. The lowest BCUT2D eigenvalue weighted by Gasteiger charge is -2.13. The zero-order valence-corrected chi connectivity index (χ0v) is 16.3. The first-order valence-corrected chi connectivity index (χ1v) is 9.67. The van der Waals surface area contributed by atoms with E-state index in [0.717, 1.165) is 5.56 Å². The molecule has 0 saturated heterocycles. The Hall–Kier alpha value is -1.60. The molecule has 0 spiro atoms. The van der Waals surface area contributed by atoms with E-state index in [-0.39, 0.29) is 9.92 Å². The van der Waals surface area contributed by atoms with Crippen LogP contribution in [0.15, 0.2) is 35.2 Å². The summed E-state index contributed by atoms with van der Waals surface area (Å²) in [7, 11) is -3.81. The number of hydrogen-bond donors (Lipinski definition) is 2. The van der Waals surface area contributed by atoms with Crippen LogP contribution in [0.2, 0.25) is 10.0 Å². The van der Waals surface area contributed by atoms with Gasteiger partial charge >= 0.3 is 0 Å². The highest BCUT2D eigenvalue weighted by Crippen LogP contribution is 2.29. The van der Waals surface area contributed by atoms with Gasteiger partial charge in [-0.25, -0.2) is 13.1 Å². The number of nitrogens with one attached hydrogen (secondary N) is 2. The van der Waals surface area contributed by atoms with E-state index in [4.69, 9.17) is 23.2 Å². The van der Waals surface area contributed by atoms with Crippen LogP contribution >= 0.6 is 23.2 Å². The first-order chi connectivity index (χ1) is 11.6. The zero-order chi connectivity index (χ0) is 18.8. The minimum Gasteiger partial charge on any atom is -0.324 e. The number of carbonyl (C=O) groups excluding carboxylic acids is 1. The topological polar surface area (TPSA) is 75.3 Å². The lowest BCUT2D eigenvalue weighted by molar-refractivity contribution is -0.115. The second kappa shape index (κ2) is 7.74. The van der Waals surface area contributed by atoms with Gasteiger partial charge in [0.25, 0.3) is 0 Å². The SMILES string of the molecule is Cc1cc(C)c(S(=O)(=O)NCC(=O)Nc2cccc(Cl)c2Cl)c(C)c1. The van der Waals surface area contributed by atoms with Crippen LogP contribution in [0.1, 0.15) is 16.7 Å². The zero-order valence-electron chi connectivity index (χ0n) is 14.0. The molecule has 0 saturated carbocycles. The maximum atomic E-state index is 12.5. The first-order valence-electron chi connectivity index (χ1n) is 7.43. The Labute approximate surface area is 157 Å². The Balaban J connectivity index is 2.12. The minimum atomic E-state index is -3.81. The van der Waals surface area contributed by atoms with E-state index >= 15 is 0 Å². The van der Waals surface area contributed by atoms with Crippen molar-refractivity contribution in [2.24, 2.45) is 0 Å². The fraction of sp³-hybridized carbons (Fsp3) is 0.235. The van der Waals surface area contributed by atoms with Gasteiger partial charge in [0.1, 0.15) is 0 Å². The molecule has 0 aliphatic heterocycles. The summed E-state index contributed by atoms with van der Waals surface area (Å²) in [6.45, 7) is 4.92. The van der Waals surface area contributed by atoms with Gasteiger partial charge in [0, 0.05) is 0 Å². The van der Waals surface area contributed by atoms with Gasteiger partial charge in [-0.15, -0.1) is 0 Å². The van der Waals surface area contributed by atoms with E-state index in [1.54, 1.807) is 44.2 Å². The van der Waals surface area contributed by atoms with E-state index in [9.17, 15) is 13.2 Å². The molecule has 2 aromatic rings. The quantitative estimate of drug-likeness (QED) is 0.800. The average Bonchev–Trinajstić information content (AvgIpc) is 2.48. The Bertz CT molecular complexity index is 904. The standard InChI is InChI=1S/C17H18Cl2N2O3S/c1-10-7-11(2)17(12(3)8-10)25(23,24)20-9-15(22)21-14-6-4-5-13(18)16(14)19/h4-8,20H,9H2,1-3H3,(H,21,22). The molecule has 134 valence electrons. The molecule has 25 heavy (non-hydrogen) atoms. The molecule has 0 aliphatic rings. The summed E-state index contributed by atoms with van der Waals surface area (Å²) < 4.78 is 27.4. The van der Waals surface area contributed by atoms with Crippen LogP contribution in [-0.4, -0.2) is 20.9 Å². The van der Waals surface area contributed by atoms with E-state index < -0.39 is 22.5 Å². The summed E-state index contributed by atoms with van der Waals surface area (Å²) >= 11 is 11.9. The molecular formula is C17H18Cl2N2O3S. The largest absolute Gasteiger partial charge is 0.324 e. The second-order valence-electron chi connectivity index (χ2n) is 5.70. The summed E-state index contributed by atoms with van der Waals surface area (Å²) in [6, 6.07) is 8.37. The van der Waals surface area contributed by atoms with Crippen LogP contribution in [0.3, 0.4) is 0 Å². The van der Waals surface area contributed by atoms with Crippen LogP contribution in [0, 0.1) is 20.8 Å². The molecule has 2 rings (SSSR count). The number of carbonyl (C=O) groups is 1. The predicted molar refractivity (Wildman–Crippen MR) is 101 cm³/mol. The first kappa shape index (κ1) is 19.7. The van der Waals surface area contributed by atoms with E-state index in [1.807, 2.05) is 6.92 Å². The fourth-order valence-electron chi connectivity index (χ4n) is 2.62. The van der Waals surface area contributed by atoms with Crippen LogP contribution in [0.25, 0.3) is 0 Å². The van der Waals surface area contributed by atoms with Crippen molar-refractivity contribution < 1.29 is 13.2 Å². The third kappa shape index (κ3) is 4.73. The normalized spacial score (nSPS) is 11.4. The molecule has 0 radical (unpaired) electrons. The number of anilines is 1. The Morgan fingerprint density at radius 1 is 1.08 bits per heavy atom. The number of aryl methyl sites for hydroxylation is 3. The van der Waals surface area contributed by atoms with Gasteiger partial charge in [-0.1, -0.05) is 47.0 Å². The number of benzene rings is 2. The number of hydrogen-bond acceptors (Lipinski definition) is 3. The Kier molecular flexibility index (Phi) is 6.11. The summed E-state index contributed by atoms with van der Waals surface area (Å²) in [5.41, 5.74) is 2.55. The minimum absolute atomic E-state index is 0.187. The van der Waals surface area contributed by atoms with Gasteiger partial charge in [-0.2, -0.15) is 0 Å². The third-order valence-corrected chi connectivity index (χ3v) is 6.05. The van der Waals surface area contributed by atoms with Gasteiger partial charge < -0.3 is 5.32 Å². The van der Waals surface area contributed by atoms with Crippen molar-refractivity contribution in [1.29, 1.82) is 0 Å². The Morgan fingerprint density at radius 2 is 1.68 bits per heavy atom. The molecule has 0 aromatic heterocycles. The number of amides is 1. The van der Waals surface area contributed by atoms with Crippen molar-refractivity contribution in [1.82, 2.24) is 4.72 Å². The van der Waals surface area contributed by atoms with Crippen molar-refractivity contribution in [2.75, 3.05) is 11.9 Å². The molecule has 8 heteroatoms. The Morgan fingerprint density at radius 3 is 2.28 bits per heavy atom. The maximum Gasteiger partial charge on any atom is 0.241 e. The van der Waals surface area contributed by atoms with Crippen molar-refractivity contribution in [3.8, 4) is 0 Å². The molecule has 0 atom stereocenters. The fourth-order valence-corrected chi connectivity index (χ4v) is 4.40. The van der Waals surface area contributed by atoms with Crippen molar-refractivity contribution in [3.63, 3.8) is 0 Å².